The van der Waals surface area contributed by atoms with E-state index < -0.39 is 0 Å². The molecule has 0 aromatic heterocycles. The molecule has 0 unspecified atom stereocenters. The average Bonchev–Trinajstić information content (AvgIpc) is 2.70. The normalized spacial score (nSPS) is 22.4. The fourth-order valence-corrected chi connectivity index (χ4v) is 4.06. The number of aldehydes is 1. The van der Waals surface area contributed by atoms with Crippen LogP contribution in [0.25, 0.3) is 0 Å². The predicted molar refractivity (Wildman–Crippen MR) is 109 cm³/mol. The Bertz CT molecular complexity index is 618. The zero-order valence-electron chi connectivity index (χ0n) is 17.0. The van der Waals surface area contributed by atoms with E-state index in [1.165, 1.54) is 11.1 Å². The van der Waals surface area contributed by atoms with Crippen LogP contribution in [0.3, 0.4) is 0 Å². The van der Waals surface area contributed by atoms with Gasteiger partial charge in [-0.1, -0.05) is 25.1 Å². The maximum Gasteiger partial charge on any atom is 0.305 e. The van der Waals surface area contributed by atoms with E-state index in [2.05, 4.69) is 25.1 Å². The van der Waals surface area contributed by atoms with Crippen LogP contribution in [-0.2, 0) is 26.2 Å². The summed E-state index contributed by atoms with van der Waals surface area (Å²) < 4.78 is 5.11. The molecule has 2 rings (SSSR count). The third kappa shape index (κ3) is 5.90. The highest BCUT2D eigenvalue weighted by atomic mass is 16.5. The van der Waals surface area contributed by atoms with Gasteiger partial charge >= 0.3 is 5.97 Å². The van der Waals surface area contributed by atoms with Crippen molar-refractivity contribution >= 4 is 12.3 Å². The number of ether oxygens (including phenoxy) is 1. The Labute approximate surface area is 163 Å². The molecule has 1 saturated carbocycles. The van der Waals surface area contributed by atoms with Gasteiger partial charge in [-0.2, -0.15) is 0 Å². The van der Waals surface area contributed by atoms with E-state index in [4.69, 9.17) is 10.5 Å². The maximum atomic E-state index is 11.9. The van der Waals surface area contributed by atoms with Crippen molar-refractivity contribution in [2.45, 2.75) is 77.0 Å². The van der Waals surface area contributed by atoms with E-state index in [1.54, 1.807) is 0 Å². The van der Waals surface area contributed by atoms with Gasteiger partial charge in [-0.25, -0.2) is 0 Å². The van der Waals surface area contributed by atoms with Gasteiger partial charge in [0.2, 0.25) is 0 Å². The molecular formula is C23H35NO3. The first kappa shape index (κ1) is 21.6. The number of benzene rings is 1. The number of esters is 1. The minimum Gasteiger partial charge on any atom is -0.466 e. The molecule has 1 aromatic rings. The largest absolute Gasteiger partial charge is 0.466 e. The highest BCUT2D eigenvalue weighted by Gasteiger charge is 2.36. The molecule has 27 heavy (non-hydrogen) atoms. The second-order valence-electron chi connectivity index (χ2n) is 8.02. The Hall–Kier alpha value is -1.68. The van der Waals surface area contributed by atoms with Crippen molar-refractivity contribution in [3.63, 3.8) is 0 Å². The van der Waals surface area contributed by atoms with Crippen molar-refractivity contribution in [3.05, 3.63) is 34.9 Å². The number of rotatable bonds is 10. The summed E-state index contributed by atoms with van der Waals surface area (Å²) in [5, 5.41) is 0. The van der Waals surface area contributed by atoms with E-state index in [-0.39, 0.29) is 11.4 Å². The molecule has 1 aliphatic carbocycles. The summed E-state index contributed by atoms with van der Waals surface area (Å²) in [4.78, 5) is 23.5. The number of unbranched alkanes of at least 4 members (excludes halogenated alkanes) is 1. The van der Waals surface area contributed by atoms with Gasteiger partial charge < -0.3 is 15.3 Å². The van der Waals surface area contributed by atoms with Crippen molar-refractivity contribution in [2.24, 2.45) is 11.7 Å². The van der Waals surface area contributed by atoms with Gasteiger partial charge in [-0.15, -0.1) is 0 Å². The van der Waals surface area contributed by atoms with Crippen LogP contribution in [0.5, 0.6) is 0 Å². The van der Waals surface area contributed by atoms with Gasteiger partial charge in [-0.3, -0.25) is 4.79 Å². The van der Waals surface area contributed by atoms with Gasteiger partial charge in [0.15, 0.2) is 0 Å². The number of carbonyl (C=O) groups excluding carboxylic acids is 2. The summed E-state index contributed by atoms with van der Waals surface area (Å²) >= 11 is 0. The fourth-order valence-electron chi connectivity index (χ4n) is 4.06. The molecule has 2 N–H and O–H groups in total. The molecule has 4 nitrogen and oxygen atoms in total. The van der Waals surface area contributed by atoms with Crippen LogP contribution in [0.4, 0.5) is 0 Å². The molecule has 1 aromatic carbocycles. The molecule has 0 spiro atoms. The van der Waals surface area contributed by atoms with Gasteiger partial charge in [0, 0.05) is 6.42 Å². The highest BCUT2D eigenvalue weighted by molar-refractivity contribution is 5.69. The van der Waals surface area contributed by atoms with Gasteiger partial charge in [0.05, 0.1) is 12.0 Å². The van der Waals surface area contributed by atoms with Crippen LogP contribution in [0.1, 0.15) is 75.0 Å². The molecule has 0 aliphatic heterocycles. The van der Waals surface area contributed by atoms with Crippen LogP contribution in [-0.4, -0.2) is 25.4 Å². The number of hydrogen-bond donors (Lipinski definition) is 1. The molecule has 4 heteroatoms. The topological polar surface area (TPSA) is 69.4 Å². The lowest BCUT2D eigenvalue weighted by molar-refractivity contribution is -0.143. The van der Waals surface area contributed by atoms with E-state index in [0.29, 0.717) is 18.9 Å². The van der Waals surface area contributed by atoms with Crippen LogP contribution in [0.15, 0.2) is 18.2 Å². The van der Waals surface area contributed by atoms with Gasteiger partial charge in [-0.05, 0) is 87.4 Å². The third-order valence-corrected chi connectivity index (χ3v) is 6.02. The standard InChI is InChI=1S/C23H35NO3/c1-3-14-27-22(26)7-5-4-6-20-8-9-21(15-18(20)2)23(17-25)12-10-19(16-24)11-13-23/h8-9,15,17,19H,3-7,10-14,16,24H2,1-2H3. The Morgan fingerprint density at radius 3 is 2.63 bits per heavy atom. The van der Waals surface area contributed by atoms with Gasteiger partial charge in [0.25, 0.3) is 0 Å². The SMILES string of the molecule is CCCOC(=O)CCCCc1ccc(C2(C=O)CCC(CN)CC2)cc1C. The maximum absolute atomic E-state index is 11.9. The van der Waals surface area contributed by atoms with Crippen LogP contribution in [0.2, 0.25) is 0 Å². The Kier molecular flexibility index (Phi) is 8.49. The number of aryl methyl sites for hydroxylation is 2. The lowest BCUT2D eigenvalue weighted by atomic mass is 9.67. The molecule has 1 aliphatic rings. The van der Waals surface area contributed by atoms with Gasteiger partial charge in [0.1, 0.15) is 6.29 Å². The minimum absolute atomic E-state index is 0.0927. The summed E-state index contributed by atoms with van der Waals surface area (Å²) in [5.74, 6) is 0.465. The van der Waals surface area contributed by atoms with Crippen LogP contribution in [0, 0.1) is 12.8 Å². The summed E-state index contributed by atoms with van der Waals surface area (Å²) in [6, 6.07) is 6.50. The smallest absolute Gasteiger partial charge is 0.305 e. The quantitative estimate of drug-likeness (QED) is 0.378. The Morgan fingerprint density at radius 1 is 1.30 bits per heavy atom. The lowest BCUT2D eigenvalue weighted by Gasteiger charge is -2.36. The molecule has 0 bridgehead atoms. The molecular weight excluding hydrogens is 338 g/mol. The van der Waals surface area contributed by atoms with Crippen LogP contribution < -0.4 is 5.73 Å². The van der Waals surface area contributed by atoms with E-state index >= 15 is 0 Å². The van der Waals surface area contributed by atoms with Crippen molar-refractivity contribution < 1.29 is 14.3 Å². The summed E-state index contributed by atoms with van der Waals surface area (Å²) in [7, 11) is 0. The second-order valence-corrected chi connectivity index (χ2v) is 8.02. The number of hydrogen-bond acceptors (Lipinski definition) is 4. The van der Waals surface area contributed by atoms with E-state index in [1.807, 2.05) is 6.92 Å². The zero-order chi connectivity index (χ0) is 19.7. The van der Waals surface area contributed by atoms with Crippen molar-refractivity contribution in [1.82, 2.24) is 0 Å². The van der Waals surface area contributed by atoms with Crippen molar-refractivity contribution in [1.29, 1.82) is 0 Å². The first-order valence-corrected chi connectivity index (χ1v) is 10.5. The minimum atomic E-state index is -0.335. The van der Waals surface area contributed by atoms with E-state index in [0.717, 1.165) is 69.8 Å². The van der Waals surface area contributed by atoms with Crippen molar-refractivity contribution in [2.75, 3.05) is 13.2 Å². The number of carbonyl (C=O) groups is 2. The summed E-state index contributed by atoms with van der Waals surface area (Å²) in [6.07, 6.45) is 9.16. The molecule has 0 saturated heterocycles. The first-order chi connectivity index (χ1) is 13.0. The zero-order valence-corrected chi connectivity index (χ0v) is 17.0. The Balaban J connectivity index is 1.91. The number of nitrogens with two attached hydrogens (primary N) is 1. The second kappa shape index (κ2) is 10.6. The molecule has 0 atom stereocenters. The summed E-state index contributed by atoms with van der Waals surface area (Å²) in [5.41, 5.74) is 9.16. The van der Waals surface area contributed by atoms with Crippen molar-refractivity contribution in [3.8, 4) is 0 Å². The molecule has 0 radical (unpaired) electrons. The predicted octanol–water partition coefficient (Wildman–Crippen LogP) is 4.25. The Morgan fingerprint density at radius 2 is 2.04 bits per heavy atom. The van der Waals surface area contributed by atoms with E-state index in [9.17, 15) is 9.59 Å². The fraction of sp³-hybridized carbons (Fsp3) is 0.652. The van der Waals surface area contributed by atoms with Crippen LogP contribution >= 0.6 is 0 Å². The lowest BCUT2D eigenvalue weighted by Crippen LogP contribution is -2.35. The molecule has 1 fully saturated rings. The summed E-state index contributed by atoms with van der Waals surface area (Å²) in [6.45, 7) is 5.36. The molecule has 0 heterocycles. The average molecular weight is 374 g/mol. The monoisotopic (exact) mass is 373 g/mol. The molecule has 150 valence electrons. The first-order valence-electron chi connectivity index (χ1n) is 10.5. The highest BCUT2D eigenvalue weighted by Crippen LogP contribution is 2.40. The molecule has 0 amide bonds. The third-order valence-electron chi connectivity index (χ3n) is 6.02.